The molecular formula is C28H29FN2O4. The van der Waals surface area contributed by atoms with Crippen LogP contribution >= 0.6 is 0 Å². The van der Waals surface area contributed by atoms with E-state index in [9.17, 15) is 19.4 Å². The first kappa shape index (κ1) is 24.6. The number of nitrogens with zero attached hydrogens (tertiary/aromatic N) is 2. The van der Waals surface area contributed by atoms with Crippen LogP contribution in [0.1, 0.15) is 36.5 Å². The van der Waals surface area contributed by atoms with Crippen LogP contribution < -0.4 is 4.74 Å². The average molecular weight is 477 g/mol. The van der Waals surface area contributed by atoms with Crippen molar-refractivity contribution in [3.05, 3.63) is 71.7 Å². The van der Waals surface area contributed by atoms with Crippen molar-refractivity contribution in [1.29, 1.82) is 0 Å². The third-order valence-electron chi connectivity index (χ3n) is 6.67. The van der Waals surface area contributed by atoms with E-state index in [0.717, 1.165) is 29.4 Å². The summed E-state index contributed by atoms with van der Waals surface area (Å²) in [5.41, 5.74) is 2.15. The maximum absolute atomic E-state index is 13.3. The zero-order valence-electron chi connectivity index (χ0n) is 19.7. The first-order chi connectivity index (χ1) is 16.9. The van der Waals surface area contributed by atoms with Gasteiger partial charge in [-0.2, -0.15) is 0 Å². The molecule has 0 unspecified atom stereocenters. The molecule has 35 heavy (non-hydrogen) atoms. The Morgan fingerprint density at radius 2 is 2.14 bits per heavy atom. The number of aliphatic carboxylic acids is 1. The van der Waals surface area contributed by atoms with Crippen LogP contribution in [0.5, 0.6) is 5.75 Å². The lowest BCUT2D eigenvalue weighted by molar-refractivity contribution is -0.146. The summed E-state index contributed by atoms with van der Waals surface area (Å²) in [7, 11) is 1.60. The van der Waals surface area contributed by atoms with Crippen LogP contribution in [0.4, 0.5) is 4.39 Å². The first-order valence-electron chi connectivity index (χ1n) is 11.7. The van der Waals surface area contributed by atoms with Gasteiger partial charge in [0, 0.05) is 23.7 Å². The molecular weight excluding hydrogens is 447 g/mol. The van der Waals surface area contributed by atoms with Crippen molar-refractivity contribution in [1.82, 2.24) is 9.88 Å². The lowest BCUT2D eigenvalue weighted by Crippen LogP contribution is -2.44. The SMILES string of the molecule is COc1ccc2nccc([C@H](O)CC[C@@H]3CCN(CC#Cc4cccc(F)c4)C[C@@H]3C(=O)O)c2c1. The number of aromatic nitrogens is 1. The predicted octanol–water partition coefficient (Wildman–Crippen LogP) is 4.27. The number of methoxy groups -OCH3 is 1. The van der Waals surface area contributed by atoms with Crippen molar-refractivity contribution in [2.75, 3.05) is 26.7 Å². The molecule has 1 aromatic heterocycles. The minimum atomic E-state index is -0.827. The van der Waals surface area contributed by atoms with Crippen LogP contribution in [0.15, 0.2) is 54.7 Å². The van der Waals surface area contributed by atoms with E-state index in [4.69, 9.17) is 4.74 Å². The second-order valence-electron chi connectivity index (χ2n) is 8.92. The zero-order valence-corrected chi connectivity index (χ0v) is 19.7. The molecule has 6 nitrogen and oxygen atoms in total. The van der Waals surface area contributed by atoms with Gasteiger partial charge in [-0.3, -0.25) is 14.7 Å². The number of carboxylic acids is 1. The fourth-order valence-electron chi connectivity index (χ4n) is 4.75. The lowest BCUT2D eigenvalue weighted by atomic mass is 9.81. The molecule has 2 N–H and O–H groups in total. The predicted molar refractivity (Wildman–Crippen MR) is 131 cm³/mol. The quantitative estimate of drug-likeness (QED) is 0.496. The summed E-state index contributed by atoms with van der Waals surface area (Å²) < 4.78 is 18.6. The number of fused-ring (bicyclic) bond motifs is 1. The summed E-state index contributed by atoms with van der Waals surface area (Å²) >= 11 is 0. The molecule has 0 aliphatic carbocycles. The largest absolute Gasteiger partial charge is 0.497 e. The number of pyridine rings is 1. The van der Waals surface area contributed by atoms with Crippen molar-refractivity contribution in [2.45, 2.75) is 25.4 Å². The molecule has 0 amide bonds. The van der Waals surface area contributed by atoms with Gasteiger partial charge in [0.1, 0.15) is 11.6 Å². The van der Waals surface area contributed by atoms with Crippen LogP contribution in [-0.4, -0.2) is 52.8 Å². The van der Waals surface area contributed by atoms with Gasteiger partial charge >= 0.3 is 5.97 Å². The summed E-state index contributed by atoms with van der Waals surface area (Å²) in [5, 5.41) is 21.6. The van der Waals surface area contributed by atoms with Gasteiger partial charge in [0.2, 0.25) is 0 Å². The second-order valence-corrected chi connectivity index (χ2v) is 8.92. The van der Waals surface area contributed by atoms with E-state index in [0.29, 0.717) is 37.2 Å². The molecule has 1 aliphatic rings. The van der Waals surface area contributed by atoms with Crippen molar-refractivity contribution in [3.8, 4) is 17.6 Å². The van der Waals surface area contributed by atoms with Crippen LogP contribution in [0.2, 0.25) is 0 Å². The Kier molecular flexibility index (Phi) is 7.96. The summed E-state index contributed by atoms with van der Waals surface area (Å²) in [5.74, 6) is 4.95. The fourth-order valence-corrected chi connectivity index (χ4v) is 4.75. The molecule has 7 heteroatoms. The highest BCUT2D eigenvalue weighted by Crippen LogP contribution is 2.33. The highest BCUT2D eigenvalue weighted by Gasteiger charge is 2.34. The smallest absolute Gasteiger partial charge is 0.308 e. The summed E-state index contributed by atoms with van der Waals surface area (Å²) in [4.78, 5) is 18.4. The number of aliphatic hydroxyl groups is 1. The monoisotopic (exact) mass is 476 g/mol. The molecule has 2 heterocycles. The van der Waals surface area contributed by atoms with E-state index in [2.05, 4.69) is 16.8 Å². The van der Waals surface area contributed by atoms with Gasteiger partial charge in [0.25, 0.3) is 0 Å². The number of carboxylic acid groups (broad SMARTS) is 1. The van der Waals surface area contributed by atoms with E-state index >= 15 is 0 Å². The van der Waals surface area contributed by atoms with Crippen molar-refractivity contribution in [3.63, 3.8) is 0 Å². The van der Waals surface area contributed by atoms with Gasteiger partial charge in [0.05, 0.1) is 31.2 Å². The molecule has 3 atom stereocenters. The molecule has 0 radical (unpaired) electrons. The molecule has 3 aromatic rings. The van der Waals surface area contributed by atoms with E-state index in [1.54, 1.807) is 31.5 Å². The van der Waals surface area contributed by atoms with Crippen molar-refractivity contribution in [2.24, 2.45) is 11.8 Å². The van der Waals surface area contributed by atoms with Gasteiger partial charge in [-0.1, -0.05) is 17.9 Å². The Balaban J connectivity index is 1.38. The van der Waals surface area contributed by atoms with Gasteiger partial charge < -0.3 is 14.9 Å². The number of piperidine rings is 1. The zero-order chi connectivity index (χ0) is 24.8. The third kappa shape index (κ3) is 6.16. The van der Waals surface area contributed by atoms with Crippen LogP contribution in [0.25, 0.3) is 10.9 Å². The van der Waals surface area contributed by atoms with Crippen LogP contribution in [0.3, 0.4) is 0 Å². The number of rotatable bonds is 7. The van der Waals surface area contributed by atoms with Crippen LogP contribution in [-0.2, 0) is 4.79 Å². The second kappa shape index (κ2) is 11.3. The summed E-state index contributed by atoms with van der Waals surface area (Å²) in [6, 6.07) is 13.5. The Labute approximate surface area is 204 Å². The fraction of sp³-hybridized carbons (Fsp3) is 0.357. The average Bonchev–Trinajstić information content (AvgIpc) is 2.87. The highest BCUT2D eigenvalue weighted by atomic mass is 19.1. The minimum absolute atomic E-state index is 0.0304. The third-order valence-corrected chi connectivity index (χ3v) is 6.67. The van der Waals surface area contributed by atoms with E-state index in [1.807, 2.05) is 23.1 Å². The molecule has 1 aliphatic heterocycles. The Bertz CT molecular complexity index is 1250. The van der Waals surface area contributed by atoms with Gasteiger partial charge in [-0.15, -0.1) is 0 Å². The van der Waals surface area contributed by atoms with E-state index in [1.165, 1.54) is 12.1 Å². The molecule has 0 spiro atoms. The Hall–Kier alpha value is -3.47. The molecule has 1 saturated heterocycles. The number of carbonyl (C=O) groups is 1. The van der Waals surface area contributed by atoms with Gasteiger partial charge in [0.15, 0.2) is 0 Å². The van der Waals surface area contributed by atoms with Crippen molar-refractivity contribution >= 4 is 16.9 Å². The summed E-state index contributed by atoms with van der Waals surface area (Å²) in [6.07, 6.45) is 2.74. The number of likely N-dealkylation sites (tertiary alicyclic amines) is 1. The molecule has 0 saturated carbocycles. The lowest BCUT2D eigenvalue weighted by Gasteiger charge is -2.36. The van der Waals surface area contributed by atoms with Crippen molar-refractivity contribution < 1.29 is 24.1 Å². The van der Waals surface area contributed by atoms with E-state index in [-0.39, 0.29) is 11.7 Å². The topological polar surface area (TPSA) is 82.9 Å². The summed E-state index contributed by atoms with van der Waals surface area (Å²) in [6.45, 7) is 1.57. The number of hydrogen-bond donors (Lipinski definition) is 2. The molecule has 1 fully saturated rings. The standard InChI is InChI=1S/C28H29FN2O4/c1-35-22-8-9-26-24(17-22)23(11-13-30-26)27(32)10-7-20-12-15-31(18-25(20)28(33)34)14-3-5-19-4-2-6-21(29)16-19/h2,4,6,8-9,11,13,16-17,20,25,27,32H,7,10,12,14-15,18H2,1H3,(H,33,34)/t20-,25+,27-/m1/s1. The molecule has 4 rings (SSSR count). The van der Waals surface area contributed by atoms with Gasteiger partial charge in [-0.05, 0) is 79.8 Å². The molecule has 0 bridgehead atoms. The Morgan fingerprint density at radius 3 is 2.91 bits per heavy atom. The maximum atomic E-state index is 13.3. The van der Waals surface area contributed by atoms with Gasteiger partial charge in [-0.25, -0.2) is 4.39 Å². The number of aliphatic hydroxyl groups excluding tert-OH is 1. The number of halogens is 1. The minimum Gasteiger partial charge on any atom is -0.497 e. The highest BCUT2D eigenvalue weighted by molar-refractivity contribution is 5.83. The first-order valence-corrected chi connectivity index (χ1v) is 11.7. The normalized spacial score (nSPS) is 19.1. The number of benzene rings is 2. The van der Waals surface area contributed by atoms with Crippen LogP contribution in [0, 0.1) is 29.5 Å². The Morgan fingerprint density at radius 1 is 1.29 bits per heavy atom. The number of hydrogen-bond acceptors (Lipinski definition) is 5. The molecule has 2 aromatic carbocycles. The number of ether oxygens (including phenoxy) is 1. The molecule has 182 valence electrons. The maximum Gasteiger partial charge on any atom is 0.308 e. The van der Waals surface area contributed by atoms with E-state index < -0.39 is 18.0 Å².